The number of esters is 1. The molecule has 2 aromatic carbocycles. The molecule has 0 radical (unpaired) electrons. The number of rotatable bonds is 5. The summed E-state index contributed by atoms with van der Waals surface area (Å²) in [5, 5.41) is 0.907. The third kappa shape index (κ3) is 3.65. The van der Waals surface area contributed by atoms with Crippen LogP contribution in [0.4, 0.5) is 11.4 Å². The van der Waals surface area contributed by atoms with E-state index in [9.17, 15) is 4.79 Å². The number of aromatic nitrogens is 1. The molecule has 0 amide bonds. The lowest BCUT2D eigenvalue weighted by atomic mass is 10.1. The van der Waals surface area contributed by atoms with Gasteiger partial charge in [-0.2, -0.15) is 0 Å². The quantitative estimate of drug-likeness (QED) is 0.597. The number of para-hydroxylation sites is 2. The molecule has 0 atom stereocenters. The second kappa shape index (κ2) is 8.61. The van der Waals surface area contributed by atoms with Crippen molar-refractivity contribution in [3.63, 3.8) is 0 Å². The Kier molecular flexibility index (Phi) is 5.74. The van der Waals surface area contributed by atoms with Crippen molar-refractivity contribution in [2.75, 3.05) is 49.7 Å². The highest BCUT2D eigenvalue weighted by Gasteiger charge is 2.26. The van der Waals surface area contributed by atoms with E-state index >= 15 is 0 Å². The molecule has 1 saturated heterocycles. The number of anilines is 2. The lowest BCUT2D eigenvalue weighted by Gasteiger charge is -2.39. The summed E-state index contributed by atoms with van der Waals surface area (Å²) < 4.78 is 10.8. The fourth-order valence-corrected chi connectivity index (χ4v) is 4.13. The number of ether oxygens (including phenoxy) is 2. The van der Waals surface area contributed by atoms with Crippen molar-refractivity contribution in [2.24, 2.45) is 0 Å². The molecule has 0 bridgehead atoms. The number of carbonyl (C=O) groups excluding carboxylic acids is 1. The summed E-state index contributed by atoms with van der Waals surface area (Å²) in [6, 6.07) is 14.3. The van der Waals surface area contributed by atoms with E-state index < -0.39 is 0 Å². The SMILES string of the molecule is CCOC(=O)c1cnc2c(OC)cccc2c1N1CCN(c2ccccc2C)CC1. The lowest BCUT2D eigenvalue weighted by molar-refractivity contribution is 0.0526. The first-order chi connectivity index (χ1) is 14.6. The van der Waals surface area contributed by atoms with Crippen molar-refractivity contribution in [1.29, 1.82) is 0 Å². The van der Waals surface area contributed by atoms with E-state index in [1.54, 1.807) is 13.3 Å². The second-order valence-corrected chi connectivity index (χ2v) is 7.36. The number of methoxy groups -OCH3 is 1. The molecule has 1 aliphatic heterocycles. The number of nitrogens with zero attached hydrogens (tertiary/aromatic N) is 3. The number of carbonyl (C=O) groups is 1. The van der Waals surface area contributed by atoms with E-state index in [1.165, 1.54) is 11.3 Å². The first-order valence-corrected chi connectivity index (χ1v) is 10.3. The molecule has 2 heterocycles. The van der Waals surface area contributed by atoms with Gasteiger partial charge in [-0.1, -0.05) is 30.3 Å². The van der Waals surface area contributed by atoms with E-state index in [-0.39, 0.29) is 5.97 Å². The van der Waals surface area contributed by atoms with E-state index in [4.69, 9.17) is 9.47 Å². The lowest BCUT2D eigenvalue weighted by Crippen LogP contribution is -2.47. The topological polar surface area (TPSA) is 54.9 Å². The van der Waals surface area contributed by atoms with Crippen LogP contribution in [0, 0.1) is 6.92 Å². The highest BCUT2D eigenvalue weighted by Crippen LogP contribution is 2.35. The number of piperazine rings is 1. The summed E-state index contributed by atoms with van der Waals surface area (Å²) in [6.45, 7) is 7.64. The average molecular weight is 405 g/mol. The van der Waals surface area contributed by atoms with E-state index in [0.29, 0.717) is 17.9 Å². The van der Waals surface area contributed by atoms with E-state index in [1.807, 2.05) is 25.1 Å². The maximum Gasteiger partial charge on any atom is 0.341 e. The molecule has 0 saturated carbocycles. The van der Waals surface area contributed by atoms with Gasteiger partial charge in [-0.15, -0.1) is 0 Å². The molecule has 1 aliphatic rings. The molecule has 156 valence electrons. The number of hydrogen-bond acceptors (Lipinski definition) is 6. The molecule has 30 heavy (non-hydrogen) atoms. The molecule has 0 spiro atoms. The fraction of sp³-hybridized carbons (Fsp3) is 0.333. The summed E-state index contributed by atoms with van der Waals surface area (Å²) in [4.78, 5) is 21.9. The molecule has 4 rings (SSSR count). The summed E-state index contributed by atoms with van der Waals surface area (Å²) in [5.41, 5.74) is 4.68. The molecule has 3 aromatic rings. The van der Waals surface area contributed by atoms with Crippen molar-refractivity contribution in [3.05, 3.63) is 59.8 Å². The Morgan fingerprint density at radius 1 is 1.03 bits per heavy atom. The average Bonchev–Trinajstić information content (AvgIpc) is 2.78. The largest absolute Gasteiger partial charge is 0.494 e. The summed E-state index contributed by atoms with van der Waals surface area (Å²) in [6.07, 6.45) is 1.62. The number of hydrogen-bond donors (Lipinski definition) is 0. The third-order valence-electron chi connectivity index (χ3n) is 5.60. The molecule has 6 nitrogen and oxygen atoms in total. The predicted molar refractivity (Wildman–Crippen MR) is 120 cm³/mol. The Hall–Kier alpha value is -3.28. The Morgan fingerprint density at radius 3 is 2.47 bits per heavy atom. The van der Waals surface area contributed by atoms with Crippen molar-refractivity contribution < 1.29 is 14.3 Å². The Balaban J connectivity index is 1.71. The number of fused-ring (bicyclic) bond motifs is 1. The summed E-state index contributed by atoms with van der Waals surface area (Å²) in [7, 11) is 1.64. The monoisotopic (exact) mass is 405 g/mol. The van der Waals surface area contributed by atoms with Crippen LogP contribution >= 0.6 is 0 Å². The van der Waals surface area contributed by atoms with Gasteiger partial charge in [0.2, 0.25) is 0 Å². The van der Waals surface area contributed by atoms with Gasteiger partial charge in [-0.05, 0) is 31.5 Å². The van der Waals surface area contributed by atoms with Crippen LogP contribution in [-0.4, -0.2) is 50.8 Å². The summed E-state index contributed by atoms with van der Waals surface area (Å²) in [5.74, 6) is 0.355. The fourth-order valence-electron chi connectivity index (χ4n) is 4.13. The van der Waals surface area contributed by atoms with Crippen molar-refractivity contribution >= 4 is 28.2 Å². The molecule has 6 heteroatoms. The van der Waals surface area contributed by atoms with Crippen LogP contribution in [0.5, 0.6) is 5.75 Å². The van der Waals surface area contributed by atoms with Gasteiger partial charge in [0.25, 0.3) is 0 Å². The van der Waals surface area contributed by atoms with Crippen LogP contribution < -0.4 is 14.5 Å². The normalized spacial score (nSPS) is 14.1. The molecule has 0 unspecified atom stereocenters. The molecular weight excluding hydrogens is 378 g/mol. The Labute approximate surface area is 177 Å². The van der Waals surface area contributed by atoms with Gasteiger partial charge in [0.15, 0.2) is 0 Å². The minimum absolute atomic E-state index is 0.329. The third-order valence-corrected chi connectivity index (χ3v) is 5.60. The molecule has 1 fully saturated rings. The molecule has 1 aromatic heterocycles. The van der Waals surface area contributed by atoms with Gasteiger partial charge < -0.3 is 19.3 Å². The predicted octanol–water partition coefficient (Wildman–Crippen LogP) is 4.06. The molecule has 0 N–H and O–H groups in total. The second-order valence-electron chi connectivity index (χ2n) is 7.36. The smallest absolute Gasteiger partial charge is 0.341 e. The zero-order chi connectivity index (χ0) is 21.1. The first kappa shape index (κ1) is 20.0. The van der Waals surface area contributed by atoms with Crippen LogP contribution in [-0.2, 0) is 4.74 Å². The Morgan fingerprint density at radius 2 is 1.77 bits per heavy atom. The number of benzene rings is 2. The van der Waals surface area contributed by atoms with Gasteiger partial charge in [0.1, 0.15) is 16.8 Å². The van der Waals surface area contributed by atoms with Crippen LogP contribution in [0.2, 0.25) is 0 Å². The first-order valence-electron chi connectivity index (χ1n) is 10.3. The van der Waals surface area contributed by atoms with E-state index in [2.05, 4.69) is 46.0 Å². The minimum Gasteiger partial charge on any atom is -0.494 e. The van der Waals surface area contributed by atoms with Crippen LogP contribution in [0.3, 0.4) is 0 Å². The molecular formula is C24H27N3O3. The standard InChI is InChI=1S/C24H27N3O3/c1-4-30-24(28)19-16-25-22-18(9-7-11-21(22)29-3)23(19)27-14-12-26(13-15-27)20-10-6-5-8-17(20)2/h5-11,16H,4,12-15H2,1-3H3. The van der Waals surface area contributed by atoms with Crippen LogP contribution in [0.1, 0.15) is 22.8 Å². The highest BCUT2D eigenvalue weighted by molar-refractivity contribution is 6.06. The van der Waals surface area contributed by atoms with Gasteiger partial charge in [-0.25, -0.2) is 4.79 Å². The van der Waals surface area contributed by atoms with Gasteiger partial charge >= 0.3 is 5.97 Å². The minimum atomic E-state index is -0.342. The van der Waals surface area contributed by atoms with Crippen LogP contribution in [0.25, 0.3) is 10.9 Å². The van der Waals surface area contributed by atoms with Crippen molar-refractivity contribution in [3.8, 4) is 5.75 Å². The maximum atomic E-state index is 12.7. The maximum absolute atomic E-state index is 12.7. The number of pyridine rings is 1. The van der Waals surface area contributed by atoms with Gasteiger partial charge in [0.05, 0.1) is 19.4 Å². The zero-order valence-electron chi connectivity index (χ0n) is 17.7. The van der Waals surface area contributed by atoms with Crippen LogP contribution in [0.15, 0.2) is 48.7 Å². The number of aryl methyl sites for hydroxylation is 1. The van der Waals surface area contributed by atoms with Crippen molar-refractivity contribution in [1.82, 2.24) is 4.98 Å². The molecule has 0 aliphatic carbocycles. The van der Waals surface area contributed by atoms with Gasteiger partial charge in [-0.3, -0.25) is 4.98 Å². The zero-order valence-corrected chi connectivity index (χ0v) is 17.7. The summed E-state index contributed by atoms with van der Waals surface area (Å²) >= 11 is 0. The Bertz CT molecular complexity index is 1060. The highest BCUT2D eigenvalue weighted by atomic mass is 16.5. The van der Waals surface area contributed by atoms with E-state index in [0.717, 1.165) is 42.8 Å². The van der Waals surface area contributed by atoms with Crippen molar-refractivity contribution in [2.45, 2.75) is 13.8 Å². The van der Waals surface area contributed by atoms with Gasteiger partial charge in [0, 0.05) is 43.4 Å².